The normalized spacial score (nSPS) is 22.0. The number of carbonyl (C=O) groups is 1. The molecule has 1 heterocycles. The molecule has 26 heavy (non-hydrogen) atoms. The van der Waals surface area contributed by atoms with Crippen LogP contribution in [0.15, 0.2) is 18.2 Å². The zero-order chi connectivity index (χ0) is 18.7. The molecule has 7 heteroatoms. The fraction of sp³-hybridized carbons (Fsp3) is 0.579. The predicted octanol–water partition coefficient (Wildman–Crippen LogP) is 1.89. The molecule has 1 saturated heterocycles. The molecule has 2 aliphatic rings. The highest BCUT2D eigenvalue weighted by molar-refractivity contribution is 7.80. The lowest BCUT2D eigenvalue weighted by molar-refractivity contribution is -0.125. The fourth-order valence-corrected chi connectivity index (χ4v) is 3.77. The Labute approximate surface area is 160 Å². The molecule has 3 rings (SSSR count). The van der Waals surface area contributed by atoms with E-state index in [2.05, 4.69) is 15.5 Å². The van der Waals surface area contributed by atoms with Gasteiger partial charge in [-0.05, 0) is 38.0 Å². The predicted molar refractivity (Wildman–Crippen MR) is 105 cm³/mol. The molecular weight excluding hydrogens is 350 g/mol. The molecule has 2 N–H and O–H groups in total. The minimum absolute atomic E-state index is 0.0196. The first kappa shape index (κ1) is 18.8. The highest BCUT2D eigenvalue weighted by Crippen LogP contribution is 2.39. The summed E-state index contributed by atoms with van der Waals surface area (Å²) in [4.78, 5) is 14.9. The molecular formula is C19H27N3O3S. The Hall–Kier alpha value is -2.02. The van der Waals surface area contributed by atoms with Crippen molar-refractivity contribution in [1.82, 2.24) is 15.5 Å². The van der Waals surface area contributed by atoms with Gasteiger partial charge in [-0.25, -0.2) is 0 Å². The Morgan fingerprint density at radius 1 is 1.27 bits per heavy atom. The minimum atomic E-state index is -0.158. The van der Waals surface area contributed by atoms with Gasteiger partial charge >= 0.3 is 0 Å². The van der Waals surface area contributed by atoms with Gasteiger partial charge in [-0.15, -0.1) is 0 Å². The number of likely N-dealkylation sites (tertiary alicyclic amines) is 1. The monoisotopic (exact) mass is 377 g/mol. The molecule has 0 unspecified atom stereocenters. The van der Waals surface area contributed by atoms with Gasteiger partial charge in [-0.3, -0.25) is 4.79 Å². The van der Waals surface area contributed by atoms with Gasteiger partial charge in [0.15, 0.2) is 5.11 Å². The van der Waals surface area contributed by atoms with Crippen molar-refractivity contribution < 1.29 is 14.3 Å². The van der Waals surface area contributed by atoms with Crippen molar-refractivity contribution in [1.29, 1.82) is 0 Å². The first-order valence-electron chi connectivity index (χ1n) is 9.12. The Morgan fingerprint density at radius 3 is 2.65 bits per heavy atom. The van der Waals surface area contributed by atoms with Gasteiger partial charge in [0.2, 0.25) is 5.91 Å². The second-order valence-electron chi connectivity index (χ2n) is 6.84. The second kappa shape index (κ2) is 8.12. The average Bonchev–Trinajstić information content (AvgIpc) is 3.35. The number of rotatable bonds is 6. The van der Waals surface area contributed by atoms with Crippen LogP contribution in [0.4, 0.5) is 0 Å². The zero-order valence-electron chi connectivity index (χ0n) is 15.6. The van der Waals surface area contributed by atoms with E-state index in [0.29, 0.717) is 24.2 Å². The van der Waals surface area contributed by atoms with Gasteiger partial charge in [0.1, 0.15) is 11.5 Å². The molecule has 6 nitrogen and oxygen atoms in total. The van der Waals surface area contributed by atoms with Crippen molar-refractivity contribution in [3.05, 3.63) is 23.8 Å². The highest BCUT2D eigenvalue weighted by Gasteiger charge is 2.42. The number of thiocarbonyl (C=S) groups is 1. The molecule has 2 atom stereocenters. The lowest BCUT2D eigenvalue weighted by atomic mass is 9.87. The Bertz CT molecular complexity index is 678. The standard InChI is InChI=1S/C19H27N3O3S/c1-4-20-19(26)22-10-15(16(11-22)18(23)21-12-5-6-12)14-8-7-13(24-2)9-17(14)25-3/h7-9,12,15-16H,4-6,10-11H2,1-3H3,(H,20,26)(H,21,23)/t15-,16+/m0/s1. The molecule has 0 spiro atoms. The highest BCUT2D eigenvalue weighted by atomic mass is 32.1. The largest absolute Gasteiger partial charge is 0.497 e. The van der Waals surface area contributed by atoms with Crippen molar-refractivity contribution in [3.63, 3.8) is 0 Å². The molecule has 1 saturated carbocycles. The van der Waals surface area contributed by atoms with Crippen LogP contribution in [0, 0.1) is 5.92 Å². The summed E-state index contributed by atoms with van der Waals surface area (Å²) in [6, 6.07) is 6.13. The van der Waals surface area contributed by atoms with Crippen LogP contribution in [-0.4, -0.2) is 55.8 Å². The van der Waals surface area contributed by atoms with Crippen LogP contribution in [0.3, 0.4) is 0 Å². The number of nitrogens with zero attached hydrogens (tertiary/aromatic N) is 1. The lowest BCUT2D eigenvalue weighted by Gasteiger charge is -2.21. The average molecular weight is 378 g/mol. The number of ether oxygens (including phenoxy) is 2. The van der Waals surface area contributed by atoms with Crippen molar-refractivity contribution >= 4 is 23.2 Å². The number of benzene rings is 1. The van der Waals surface area contributed by atoms with E-state index in [9.17, 15) is 4.79 Å². The Balaban J connectivity index is 1.87. The topological polar surface area (TPSA) is 62.8 Å². The molecule has 0 radical (unpaired) electrons. The quantitative estimate of drug-likeness (QED) is 0.739. The Kier molecular flexibility index (Phi) is 5.86. The molecule has 1 aliphatic carbocycles. The maximum Gasteiger partial charge on any atom is 0.225 e. The molecule has 1 aromatic carbocycles. The molecule has 1 amide bonds. The number of hydrogen-bond donors (Lipinski definition) is 2. The van der Waals surface area contributed by atoms with E-state index in [1.165, 1.54) is 0 Å². The van der Waals surface area contributed by atoms with Crippen LogP contribution in [-0.2, 0) is 4.79 Å². The lowest BCUT2D eigenvalue weighted by Crippen LogP contribution is -2.40. The summed E-state index contributed by atoms with van der Waals surface area (Å²) in [6.45, 7) is 4.09. The van der Waals surface area contributed by atoms with Crippen LogP contribution in [0.25, 0.3) is 0 Å². The van der Waals surface area contributed by atoms with E-state index in [0.717, 1.165) is 36.4 Å². The van der Waals surface area contributed by atoms with Gasteiger partial charge in [0.25, 0.3) is 0 Å². The van der Waals surface area contributed by atoms with Gasteiger partial charge in [0, 0.05) is 43.2 Å². The molecule has 2 fully saturated rings. The van der Waals surface area contributed by atoms with E-state index >= 15 is 0 Å². The zero-order valence-corrected chi connectivity index (χ0v) is 16.4. The number of hydrogen-bond acceptors (Lipinski definition) is 4. The summed E-state index contributed by atoms with van der Waals surface area (Å²) >= 11 is 5.49. The number of amides is 1. The molecule has 0 bridgehead atoms. The van der Waals surface area contributed by atoms with Crippen LogP contribution in [0.1, 0.15) is 31.2 Å². The summed E-state index contributed by atoms with van der Waals surface area (Å²) in [5.41, 5.74) is 1.02. The van der Waals surface area contributed by atoms with E-state index < -0.39 is 0 Å². The van der Waals surface area contributed by atoms with Gasteiger partial charge in [-0.2, -0.15) is 0 Å². The van der Waals surface area contributed by atoms with Crippen LogP contribution in [0.5, 0.6) is 11.5 Å². The van der Waals surface area contributed by atoms with Crippen LogP contribution in [0.2, 0.25) is 0 Å². The van der Waals surface area contributed by atoms with Crippen molar-refractivity contribution in [2.24, 2.45) is 5.92 Å². The maximum absolute atomic E-state index is 12.9. The SMILES string of the molecule is CCNC(=S)N1C[C@@H](C(=O)NC2CC2)[C@H](c2ccc(OC)cc2OC)C1. The molecule has 1 aliphatic heterocycles. The number of carbonyl (C=O) groups excluding carboxylic acids is 1. The second-order valence-corrected chi connectivity index (χ2v) is 7.23. The van der Waals surface area contributed by atoms with Crippen molar-refractivity contribution in [2.75, 3.05) is 33.9 Å². The smallest absolute Gasteiger partial charge is 0.225 e. The third kappa shape index (κ3) is 4.03. The molecule has 0 aromatic heterocycles. The number of nitrogens with one attached hydrogen (secondary N) is 2. The third-order valence-corrected chi connectivity index (χ3v) is 5.44. The Morgan fingerprint density at radius 2 is 2.04 bits per heavy atom. The molecule has 1 aromatic rings. The van der Waals surface area contributed by atoms with E-state index in [1.807, 2.05) is 25.1 Å². The number of methoxy groups -OCH3 is 2. The summed E-state index contributed by atoms with van der Waals surface area (Å²) in [6.07, 6.45) is 2.16. The molecule has 142 valence electrons. The third-order valence-electron chi connectivity index (χ3n) is 5.04. The first-order chi connectivity index (χ1) is 12.6. The van der Waals surface area contributed by atoms with Crippen LogP contribution < -0.4 is 20.1 Å². The summed E-state index contributed by atoms with van der Waals surface area (Å²) in [5.74, 6) is 1.45. The van der Waals surface area contributed by atoms with E-state index in [-0.39, 0.29) is 17.7 Å². The summed E-state index contributed by atoms with van der Waals surface area (Å²) in [7, 11) is 3.28. The van der Waals surface area contributed by atoms with E-state index in [4.69, 9.17) is 21.7 Å². The van der Waals surface area contributed by atoms with Crippen molar-refractivity contribution in [3.8, 4) is 11.5 Å². The van der Waals surface area contributed by atoms with E-state index in [1.54, 1.807) is 14.2 Å². The summed E-state index contributed by atoms with van der Waals surface area (Å²) in [5, 5.41) is 7.05. The maximum atomic E-state index is 12.9. The summed E-state index contributed by atoms with van der Waals surface area (Å²) < 4.78 is 10.9. The van der Waals surface area contributed by atoms with Crippen LogP contribution >= 0.6 is 12.2 Å². The van der Waals surface area contributed by atoms with Gasteiger partial charge in [0.05, 0.1) is 20.1 Å². The first-order valence-corrected chi connectivity index (χ1v) is 9.53. The van der Waals surface area contributed by atoms with Gasteiger partial charge < -0.3 is 25.0 Å². The minimum Gasteiger partial charge on any atom is -0.497 e. The van der Waals surface area contributed by atoms with Gasteiger partial charge in [-0.1, -0.05) is 6.07 Å². The fourth-order valence-electron chi connectivity index (χ4n) is 3.47. The van der Waals surface area contributed by atoms with Crippen molar-refractivity contribution in [2.45, 2.75) is 31.7 Å².